The number of fused-ring (bicyclic) bond motifs is 2. The van der Waals surface area contributed by atoms with Gasteiger partial charge in [0, 0.05) is 24.6 Å². The van der Waals surface area contributed by atoms with Gasteiger partial charge in [-0.25, -0.2) is 0 Å². The van der Waals surface area contributed by atoms with Crippen LogP contribution in [0.25, 0.3) is 0 Å². The Morgan fingerprint density at radius 1 is 0.806 bits per heavy atom. The summed E-state index contributed by atoms with van der Waals surface area (Å²) in [6, 6.07) is 8.92. The van der Waals surface area contributed by atoms with Gasteiger partial charge in [0.15, 0.2) is 10.3 Å². The number of thioether (sulfide) groups is 2. The third-order valence-corrected chi connectivity index (χ3v) is 7.65. The van der Waals surface area contributed by atoms with E-state index in [0.717, 1.165) is 24.3 Å². The lowest BCUT2D eigenvalue weighted by atomic mass is 9.87. The van der Waals surface area contributed by atoms with Gasteiger partial charge < -0.3 is 10.2 Å². The number of aromatic nitrogens is 4. The van der Waals surface area contributed by atoms with E-state index in [0.29, 0.717) is 29.0 Å². The highest BCUT2D eigenvalue weighted by Crippen LogP contribution is 2.38. The fraction of sp³-hybridized carbons (Fsp3) is 0.333. The third-order valence-electron chi connectivity index (χ3n) is 5.52. The Balaban J connectivity index is 1.81. The highest BCUT2D eigenvalue weighted by molar-refractivity contribution is 7.99. The quantitative estimate of drug-likeness (QED) is 0.578. The van der Waals surface area contributed by atoms with Gasteiger partial charge >= 0.3 is 0 Å². The van der Waals surface area contributed by atoms with Crippen LogP contribution in [0.3, 0.4) is 0 Å². The highest BCUT2D eigenvalue weighted by Gasteiger charge is 2.33. The van der Waals surface area contributed by atoms with Gasteiger partial charge in [-0.2, -0.15) is 9.97 Å². The summed E-state index contributed by atoms with van der Waals surface area (Å²) in [5.74, 6) is -0.189. The number of hydrogen-bond acceptors (Lipinski definition) is 8. The maximum absolute atomic E-state index is 13.5. The van der Waals surface area contributed by atoms with Crippen molar-refractivity contribution in [3.8, 4) is 11.8 Å². The van der Waals surface area contributed by atoms with E-state index >= 15 is 0 Å². The first kappa shape index (κ1) is 20.2. The van der Waals surface area contributed by atoms with Gasteiger partial charge in [0.05, 0.1) is 17.0 Å². The summed E-state index contributed by atoms with van der Waals surface area (Å²) in [6.07, 6.45) is 1.62. The first-order valence-electron chi connectivity index (χ1n) is 10.0. The second-order valence-corrected chi connectivity index (χ2v) is 9.55. The molecule has 8 nitrogen and oxygen atoms in total. The molecule has 160 valence electrons. The lowest BCUT2D eigenvalue weighted by Crippen LogP contribution is -2.34. The third kappa shape index (κ3) is 3.43. The predicted octanol–water partition coefficient (Wildman–Crippen LogP) is 2.38. The topological polar surface area (TPSA) is 110 Å². The fourth-order valence-electron chi connectivity index (χ4n) is 4.09. The number of hydrogen-bond donors (Lipinski definition) is 2. The van der Waals surface area contributed by atoms with Crippen LogP contribution in [-0.2, 0) is 13.1 Å². The second-order valence-electron chi connectivity index (χ2n) is 7.42. The summed E-state index contributed by atoms with van der Waals surface area (Å²) in [5, 5.41) is 22.5. The zero-order valence-electron chi connectivity index (χ0n) is 16.5. The maximum atomic E-state index is 13.5. The van der Waals surface area contributed by atoms with Crippen LogP contribution in [0.4, 0.5) is 0 Å². The molecule has 10 heteroatoms. The molecule has 0 saturated carbocycles. The first-order chi connectivity index (χ1) is 15.1. The molecule has 2 aliphatic rings. The Morgan fingerprint density at radius 3 is 1.77 bits per heavy atom. The van der Waals surface area contributed by atoms with Crippen LogP contribution in [0, 0.1) is 0 Å². The van der Waals surface area contributed by atoms with E-state index in [1.54, 1.807) is 24.3 Å². The number of aromatic hydroxyl groups is 2. The van der Waals surface area contributed by atoms with Crippen molar-refractivity contribution in [1.29, 1.82) is 0 Å². The monoisotopic (exact) mass is 456 g/mol. The molecule has 2 N–H and O–H groups in total. The van der Waals surface area contributed by atoms with E-state index < -0.39 is 28.8 Å². The Labute approximate surface area is 186 Å². The molecule has 0 radical (unpaired) electrons. The van der Waals surface area contributed by atoms with Crippen molar-refractivity contribution < 1.29 is 10.2 Å². The lowest BCUT2D eigenvalue weighted by molar-refractivity contribution is 0.406. The van der Waals surface area contributed by atoms with Crippen molar-refractivity contribution in [3.05, 3.63) is 67.7 Å². The smallest absolute Gasteiger partial charge is 0.262 e. The molecule has 4 heterocycles. The molecule has 0 spiro atoms. The van der Waals surface area contributed by atoms with Crippen LogP contribution in [-0.4, -0.2) is 40.8 Å². The average molecular weight is 457 g/mol. The van der Waals surface area contributed by atoms with Gasteiger partial charge in [-0.3, -0.25) is 18.7 Å². The second kappa shape index (κ2) is 8.08. The van der Waals surface area contributed by atoms with Crippen molar-refractivity contribution in [1.82, 2.24) is 19.1 Å². The molecule has 5 rings (SSSR count). The van der Waals surface area contributed by atoms with Crippen LogP contribution in [0.2, 0.25) is 0 Å². The van der Waals surface area contributed by atoms with Crippen LogP contribution in [0.1, 0.15) is 35.4 Å². The minimum atomic E-state index is -0.990. The van der Waals surface area contributed by atoms with Crippen molar-refractivity contribution in [2.45, 2.75) is 42.2 Å². The zero-order valence-corrected chi connectivity index (χ0v) is 18.2. The maximum Gasteiger partial charge on any atom is 0.262 e. The first-order valence-corrected chi connectivity index (χ1v) is 12.0. The fourth-order valence-corrected chi connectivity index (χ4v) is 5.97. The van der Waals surface area contributed by atoms with Gasteiger partial charge in [0.25, 0.3) is 11.1 Å². The Morgan fingerprint density at radius 2 is 1.29 bits per heavy atom. The Kier molecular flexibility index (Phi) is 5.27. The molecule has 3 aromatic rings. The molecule has 1 aromatic carbocycles. The van der Waals surface area contributed by atoms with Crippen molar-refractivity contribution >= 4 is 23.5 Å². The van der Waals surface area contributed by atoms with E-state index in [9.17, 15) is 19.8 Å². The van der Waals surface area contributed by atoms with Crippen molar-refractivity contribution in [3.63, 3.8) is 0 Å². The van der Waals surface area contributed by atoms with Crippen LogP contribution >= 0.6 is 23.5 Å². The zero-order chi connectivity index (χ0) is 21.5. The molecule has 0 unspecified atom stereocenters. The van der Waals surface area contributed by atoms with E-state index in [1.165, 1.54) is 32.7 Å². The molecule has 31 heavy (non-hydrogen) atoms. The minimum absolute atomic E-state index is 0.0179. The van der Waals surface area contributed by atoms with Gasteiger partial charge in [0.2, 0.25) is 11.8 Å². The van der Waals surface area contributed by atoms with E-state index in [-0.39, 0.29) is 11.1 Å². The van der Waals surface area contributed by atoms with E-state index in [4.69, 9.17) is 0 Å². The molecule has 0 fully saturated rings. The van der Waals surface area contributed by atoms with Gasteiger partial charge in [-0.15, -0.1) is 0 Å². The molecule has 0 bridgehead atoms. The van der Waals surface area contributed by atoms with Gasteiger partial charge in [-0.05, 0) is 18.4 Å². The summed E-state index contributed by atoms with van der Waals surface area (Å²) >= 11 is 2.83. The number of rotatable bonds is 3. The van der Waals surface area contributed by atoms with E-state index in [1.807, 2.05) is 6.07 Å². The summed E-state index contributed by atoms with van der Waals surface area (Å²) in [5.41, 5.74) is -0.246. The van der Waals surface area contributed by atoms with E-state index in [2.05, 4.69) is 9.97 Å². The van der Waals surface area contributed by atoms with Crippen LogP contribution < -0.4 is 11.1 Å². The molecular weight excluding hydrogens is 436 g/mol. The number of nitrogens with zero attached hydrogens (tertiary/aromatic N) is 4. The molecule has 0 amide bonds. The van der Waals surface area contributed by atoms with Crippen molar-refractivity contribution in [2.24, 2.45) is 0 Å². The molecule has 0 saturated heterocycles. The van der Waals surface area contributed by atoms with Gasteiger partial charge in [0.1, 0.15) is 0 Å². The van der Waals surface area contributed by atoms with Crippen LogP contribution in [0.15, 0.2) is 50.2 Å². The summed E-state index contributed by atoms with van der Waals surface area (Å²) in [6.45, 7) is 0.986. The summed E-state index contributed by atoms with van der Waals surface area (Å²) in [7, 11) is 0. The lowest BCUT2D eigenvalue weighted by Gasteiger charge is -2.24. The van der Waals surface area contributed by atoms with Gasteiger partial charge in [-0.1, -0.05) is 53.9 Å². The summed E-state index contributed by atoms with van der Waals surface area (Å²) < 4.78 is 3.07. The Bertz CT molecular complexity index is 1190. The standard InChI is InChI=1S/C21H20N4O4S2/c26-16-14(18(28)24-8-4-10-30-20(24)22-16)13(12-6-2-1-3-7-12)15-17(27)23-21-25(19(15)29)9-5-11-31-21/h1-3,6-7,13,26-27H,4-5,8-11H2. The molecule has 2 aliphatic heterocycles. The largest absolute Gasteiger partial charge is 0.493 e. The predicted molar refractivity (Wildman–Crippen MR) is 118 cm³/mol. The van der Waals surface area contributed by atoms with Crippen molar-refractivity contribution in [2.75, 3.05) is 11.5 Å². The average Bonchev–Trinajstić information content (AvgIpc) is 2.78. The molecule has 0 atom stereocenters. The Hall–Kier alpha value is -2.72. The summed E-state index contributed by atoms with van der Waals surface area (Å²) in [4.78, 5) is 35.5. The van der Waals surface area contributed by atoms with Crippen LogP contribution in [0.5, 0.6) is 11.8 Å². The SMILES string of the molecule is O=c1c(C(c2ccccc2)c2c(O)nc3n(c2=O)CCCS3)c(O)nc2n1CCCS2. The molecule has 2 aromatic heterocycles. The minimum Gasteiger partial charge on any atom is -0.493 e. The normalized spacial score (nSPS) is 15.5. The molecular formula is C21H20N4O4S2. The number of benzene rings is 1. The molecule has 0 aliphatic carbocycles. The highest BCUT2D eigenvalue weighted by atomic mass is 32.2.